The van der Waals surface area contributed by atoms with Gasteiger partial charge in [-0.25, -0.2) is 8.42 Å². The molecule has 0 fully saturated rings. The molecule has 0 bridgehead atoms. The predicted octanol–water partition coefficient (Wildman–Crippen LogP) is 4.28. The summed E-state index contributed by atoms with van der Waals surface area (Å²) in [6.07, 6.45) is 1.94. The fourth-order valence-electron chi connectivity index (χ4n) is 3.78. The Balaban J connectivity index is 1.64. The molecule has 0 spiro atoms. The van der Waals surface area contributed by atoms with Crippen LogP contribution in [0.4, 0.5) is 5.69 Å². The van der Waals surface area contributed by atoms with Crippen molar-refractivity contribution in [2.45, 2.75) is 18.9 Å². The maximum Gasteiger partial charge on any atom is 0.229 e. The third-order valence-corrected chi connectivity index (χ3v) is 5.89. The van der Waals surface area contributed by atoms with Gasteiger partial charge in [-0.1, -0.05) is 48.0 Å². The van der Waals surface area contributed by atoms with Crippen LogP contribution >= 0.6 is 11.6 Å². The topological polar surface area (TPSA) is 68.2 Å². The van der Waals surface area contributed by atoms with Crippen molar-refractivity contribution in [3.8, 4) is 0 Å². The van der Waals surface area contributed by atoms with Crippen molar-refractivity contribution < 1.29 is 13.2 Å². The molecule has 1 aliphatic rings. The van der Waals surface area contributed by atoms with E-state index in [2.05, 4.69) is 9.29 Å². The number of fused-ring (bicyclic) bond motifs is 1. The molecule has 7 heteroatoms. The lowest BCUT2D eigenvalue weighted by atomic mass is 9.94. The summed E-state index contributed by atoms with van der Waals surface area (Å²) in [5.74, 6) is 0.0726. The van der Waals surface area contributed by atoms with E-state index in [-0.39, 0.29) is 11.7 Å². The van der Waals surface area contributed by atoms with Gasteiger partial charge < -0.3 is 4.57 Å². The molecule has 5 nitrogen and oxygen atoms in total. The summed E-state index contributed by atoms with van der Waals surface area (Å²) in [5.41, 5.74) is 3.75. The lowest BCUT2D eigenvalue weighted by molar-refractivity contribution is 0.103. The van der Waals surface area contributed by atoms with Crippen LogP contribution in [0.5, 0.6) is 0 Å². The van der Waals surface area contributed by atoms with Crippen molar-refractivity contribution in [2.75, 3.05) is 11.0 Å². The number of anilines is 1. The molecule has 2 heterocycles. The minimum absolute atomic E-state index is 0.00583. The number of rotatable bonds is 5. The van der Waals surface area contributed by atoms with Gasteiger partial charge in [-0.3, -0.25) is 9.52 Å². The molecule has 2 aromatic carbocycles. The van der Waals surface area contributed by atoms with E-state index in [9.17, 15) is 13.2 Å². The highest BCUT2D eigenvalue weighted by molar-refractivity contribution is 7.92. The third-order valence-electron chi connectivity index (χ3n) is 4.96. The summed E-state index contributed by atoms with van der Waals surface area (Å²) >= 11 is 6.46. The minimum atomic E-state index is -3.36. The number of sulfonamides is 1. The number of aromatic nitrogens is 1. The first-order valence-corrected chi connectivity index (χ1v) is 11.2. The van der Waals surface area contributed by atoms with Crippen LogP contribution < -0.4 is 4.72 Å². The van der Waals surface area contributed by atoms with Crippen molar-refractivity contribution >= 4 is 33.1 Å². The molecule has 0 radical (unpaired) electrons. The second-order valence-electron chi connectivity index (χ2n) is 6.94. The van der Waals surface area contributed by atoms with Crippen LogP contribution in [-0.4, -0.2) is 25.0 Å². The Kier molecular flexibility index (Phi) is 4.77. The number of ketones is 1. The number of hydrogen-bond acceptors (Lipinski definition) is 3. The average Bonchev–Trinajstić information content (AvgIpc) is 3.23. The Morgan fingerprint density at radius 1 is 1.11 bits per heavy atom. The van der Waals surface area contributed by atoms with Gasteiger partial charge in [0.15, 0.2) is 0 Å². The number of carbonyl (C=O) groups is 1. The Bertz CT molecular complexity index is 1150. The van der Waals surface area contributed by atoms with E-state index in [1.165, 1.54) is 0 Å². The van der Waals surface area contributed by atoms with Gasteiger partial charge in [-0.05, 0) is 36.2 Å². The van der Waals surface area contributed by atoms with Crippen LogP contribution in [0.15, 0.2) is 60.7 Å². The number of hydrogen-bond donors (Lipinski definition) is 1. The van der Waals surface area contributed by atoms with Gasteiger partial charge in [0.25, 0.3) is 0 Å². The molecule has 0 aliphatic carbocycles. The minimum Gasteiger partial charge on any atom is -0.341 e. The number of nitrogens with zero attached hydrogens (tertiary/aromatic N) is 1. The monoisotopic (exact) mass is 414 g/mol. The molecular weight excluding hydrogens is 396 g/mol. The van der Waals surface area contributed by atoms with E-state index in [0.29, 0.717) is 22.0 Å². The molecule has 144 valence electrons. The van der Waals surface area contributed by atoms with E-state index in [1.807, 2.05) is 48.5 Å². The molecule has 4 rings (SSSR count). The van der Waals surface area contributed by atoms with Crippen molar-refractivity contribution in [3.05, 3.63) is 88.2 Å². The Morgan fingerprint density at radius 2 is 1.86 bits per heavy atom. The Labute approximate surface area is 169 Å². The number of nitrogens with one attached hydrogen (secondary N) is 1. The zero-order valence-electron chi connectivity index (χ0n) is 15.2. The summed E-state index contributed by atoms with van der Waals surface area (Å²) in [6, 6.07) is 18.3. The molecule has 1 aromatic heterocycles. The molecule has 0 saturated heterocycles. The summed E-state index contributed by atoms with van der Waals surface area (Å²) in [4.78, 5) is 12.8. The fraction of sp³-hybridized carbons (Fsp3) is 0.190. The lowest BCUT2D eigenvalue weighted by Gasteiger charge is -2.14. The van der Waals surface area contributed by atoms with E-state index < -0.39 is 10.0 Å². The Morgan fingerprint density at radius 3 is 2.54 bits per heavy atom. The average molecular weight is 415 g/mol. The highest BCUT2D eigenvalue weighted by Crippen LogP contribution is 2.40. The second kappa shape index (κ2) is 7.11. The molecule has 1 aliphatic heterocycles. The van der Waals surface area contributed by atoms with Gasteiger partial charge in [-0.2, -0.15) is 0 Å². The highest BCUT2D eigenvalue weighted by atomic mass is 35.5. The van der Waals surface area contributed by atoms with Crippen molar-refractivity contribution in [3.63, 3.8) is 0 Å². The lowest BCUT2D eigenvalue weighted by Crippen LogP contribution is -2.10. The predicted molar refractivity (Wildman–Crippen MR) is 111 cm³/mol. The maximum atomic E-state index is 12.8. The van der Waals surface area contributed by atoms with Gasteiger partial charge in [-0.15, -0.1) is 0 Å². The summed E-state index contributed by atoms with van der Waals surface area (Å²) in [5, 5.41) is 0.504. The molecular formula is C21H19ClN2O3S. The molecule has 28 heavy (non-hydrogen) atoms. The number of halogens is 1. The first-order chi connectivity index (χ1) is 13.3. The summed E-state index contributed by atoms with van der Waals surface area (Å²) in [6.45, 7) is 0.737. The SMILES string of the molecule is CS(=O)(=O)Nc1ccc(C2CCn3c(C(=O)c4ccccc4)ccc32)c(Cl)c1. The van der Waals surface area contributed by atoms with E-state index in [1.54, 1.807) is 12.1 Å². The van der Waals surface area contributed by atoms with E-state index in [0.717, 1.165) is 30.5 Å². The van der Waals surface area contributed by atoms with Crippen LogP contribution in [-0.2, 0) is 16.6 Å². The zero-order valence-corrected chi connectivity index (χ0v) is 16.8. The van der Waals surface area contributed by atoms with Gasteiger partial charge in [0.05, 0.1) is 11.9 Å². The summed E-state index contributed by atoms with van der Waals surface area (Å²) < 4.78 is 27.3. The van der Waals surface area contributed by atoms with Gasteiger partial charge in [0.1, 0.15) is 0 Å². The molecule has 1 unspecified atom stereocenters. The molecule has 1 N–H and O–H groups in total. The van der Waals surface area contributed by atoms with Gasteiger partial charge >= 0.3 is 0 Å². The van der Waals surface area contributed by atoms with Crippen molar-refractivity contribution in [1.29, 1.82) is 0 Å². The van der Waals surface area contributed by atoms with Crippen LogP contribution in [0.25, 0.3) is 0 Å². The zero-order chi connectivity index (χ0) is 19.9. The largest absolute Gasteiger partial charge is 0.341 e. The fourth-order valence-corrected chi connectivity index (χ4v) is 4.65. The first kappa shape index (κ1) is 18.8. The molecule has 3 aromatic rings. The number of carbonyl (C=O) groups excluding carboxylic acids is 1. The smallest absolute Gasteiger partial charge is 0.229 e. The summed E-state index contributed by atoms with van der Waals surface area (Å²) in [7, 11) is -3.36. The van der Waals surface area contributed by atoms with E-state index in [4.69, 9.17) is 11.6 Å². The van der Waals surface area contributed by atoms with Crippen LogP contribution in [0.2, 0.25) is 5.02 Å². The Hall–Kier alpha value is -2.57. The van der Waals surface area contributed by atoms with Crippen LogP contribution in [0, 0.1) is 0 Å². The maximum absolute atomic E-state index is 12.8. The van der Waals surface area contributed by atoms with Crippen LogP contribution in [0.3, 0.4) is 0 Å². The van der Waals surface area contributed by atoms with Crippen molar-refractivity contribution in [1.82, 2.24) is 4.57 Å². The van der Waals surface area contributed by atoms with E-state index >= 15 is 0 Å². The molecule has 1 atom stereocenters. The molecule has 0 amide bonds. The normalized spacial score (nSPS) is 16.0. The highest BCUT2D eigenvalue weighted by Gasteiger charge is 2.29. The second-order valence-corrected chi connectivity index (χ2v) is 9.10. The first-order valence-electron chi connectivity index (χ1n) is 8.90. The van der Waals surface area contributed by atoms with Gasteiger partial charge in [0, 0.05) is 34.4 Å². The third kappa shape index (κ3) is 3.57. The van der Waals surface area contributed by atoms with Gasteiger partial charge in [0.2, 0.25) is 15.8 Å². The molecule has 0 saturated carbocycles. The standard InChI is InChI=1S/C21H19ClN2O3S/c1-28(26,27)23-15-7-8-16(18(22)13-15)17-11-12-24-19(17)9-10-20(24)21(25)14-5-3-2-4-6-14/h2-10,13,17,23H,11-12H2,1H3. The van der Waals surface area contributed by atoms with Crippen LogP contribution in [0.1, 0.15) is 39.6 Å². The number of benzene rings is 2. The quantitative estimate of drug-likeness (QED) is 0.633. The van der Waals surface area contributed by atoms with Crippen molar-refractivity contribution in [2.24, 2.45) is 0 Å².